The molecule has 0 radical (unpaired) electrons. The van der Waals surface area contributed by atoms with Gasteiger partial charge in [-0.2, -0.15) is 0 Å². The first kappa shape index (κ1) is 33.6. The quantitative estimate of drug-likeness (QED) is 0.141. The molecule has 1 heterocycles. The van der Waals surface area contributed by atoms with Crippen molar-refractivity contribution in [3.8, 4) is 0 Å². The van der Waals surface area contributed by atoms with Crippen LogP contribution in [0.2, 0.25) is 0 Å². The number of amides is 3. The molecule has 9 heteroatoms. The fourth-order valence-corrected chi connectivity index (χ4v) is 5.73. The molecule has 0 bridgehead atoms. The molecule has 1 saturated carbocycles. The van der Waals surface area contributed by atoms with Crippen molar-refractivity contribution >= 4 is 18.1 Å². The van der Waals surface area contributed by atoms with Crippen molar-refractivity contribution in [3.63, 3.8) is 0 Å². The number of H-pyrrole nitrogens is 1. The third kappa shape index (κ3) is 14.2. The number of rotatable bonds is 18. The average molecular weight is 562 g/mol. The lowest BCUT2D eigenvalue weighted by atomic mass is 9.73. The topological polar surface area (TPSA) is 125 Å². The van der Waals surface area contributed by atoms with Gasteiger partial charge in [-0.1, -0.05) is 91.4 Å². The Balaban J connectivity index is 1.76. The van der Waals surface area contributed by atoms with Gasteiger partial charge in [0.1, 0.15) is 0 Å². The summed E-state index contributed by atoms with van der Waals surface area (Å²) in [5.74, 6) is 0.560. The maximum Gasteiger partial charge on any atom is 0.407 e. The van der Waals surface area contributed by atoms with E-state index in [0.717, 1.165) is 38.5 Å². The van der Waals surface area contributed by atoms with Gasteiger partial charge >= 0.3 is 12.1 Å². The maximum atomic E-state index is 12.7. The molecular weight excluding hydrogens is 506 g/mol. The number of nitrogens with zero attached hydrogens (tertiary/aromatic N) is 1. The molecule has 3 atom stereocenters. The van der Waals surface area contributed by atoms with Gasteiger partial charge in [0.2, 0.25) is 5.95 Å². The monoisotopic (exact) mass is 561 g/mol. The van der Waals surface area contributed by atoms with Crippen molar-refractivity contribution in [1.29, 1.82) is 0 Å². The molecule has 0 aliphatic heterocycles. The van der Waals surface area contributed by atoms with E-state index in [1.807, 2.05) is 0 Å². The average Bonchev–Trinajstić information content (AvgIpc) is 2.89. The maximum absolute atomic E-state index is 12.7. The highest BCUT2D eigenvalue weighted by molar-refractivity contribution is 5.87. The SMILES string of the molecule is CCCCCCCCC(CCCCCC)COC(=O)NC1CCCC(C)(CNC(=O)Nc2nc(C)cc(=O)[nH]2)C1. The molecule has 40 heavy (non-hydrogen) atoms. The van der Waals surface area contributed by atoms with Crippen molar-refractivity contribution in [2.45, 2.75) is 136 Å². The fraction of sp³-hybridized carbons (Fsp3) is 0.806. The zero-order valence-corrected chi connectivity index (χ0v) is 25.5. The van der Waals surface area contributed by atoms with Crippen molar-refractivity contribution < 1.29 is 14.3 Å². The Morgan fingerprint density at radius 3 is 2.40 bits per heavy atom. The number of carbonyl (C=O) groups is 2. The van der Waals surface area contributed by atoms with Crippen molar-refractivity contribution in [1.82, 2.24) is 20.6 Å². The minimum absolute atomic E-state index is 0.0208. The number of aromatic nitrogens is 2. The van der Waals surface area contributed by atoms with Crippen molar-refractivity contribution in [3.05, 3.63) is 22.1 Å². The van der Waals surface area contributed by atoms with E-state index in [1.54, 1.807) is 6.92 Å². The lowest BCUT2D eigenvalue weighted by Crippen LogP contribution is -2.46. The second-order valence-electron chi connectivity index (χ2n) is 12.2. The third-order valence-corrected chi connectivity index (χ3v) is 8.05. The molecule has 1 aromatic heterocycles. The first-order valence-electron chi connectivity index (χ1n) is 15.8. The Bertz CT molecular complexity index is 937. The van der Waals surface area contributed by atoms with Gasteiger partial charge in [-0.15, -0.1) is 0 Å². The standard InChI is InChI=1S/C31H55N5O4/c1-5-7-9-11-12-14-17-25(16-13-10-8-6-2)22-40-30(39)34-26-18-15-19-31(4,21-26)23-32-29(38)36-28-33-24(3)20-27(37)35-28/h20,25-26H,5-19,21-23H2,1-4H3,(H,34,39)(H3,32,33,35,36,37,38). The van der Waals surface area contributed by atoms with Gasteiger partial charge in [0.25, 0.3) is 5.56 Å². The van der Waals surface area contributed by atoms with E-state index in [9.17, 15) is 14.4 Å². The number of carbonyl (C=O) groups excluding carboxylic acids is 2. The molecule has 0 saturated heterocycles. The van der Waals surface area contributed by atoms with E-state index in [0.29, 0.717) is 24.8 Å². The van der Waals surface area contributed by atoms with Crippen LogP contribution >= 0.6 is 0 Å². The Hall–Kier alpha value is -2.58. The Kier molecular flexibility index (Phi) is 15.7. The molecule has 3 unspecified atom stereocenters. The van der Waals surface area contributed by atoms with E-state index in [1.165, 1.54) is 70.3 Å². The minimum atomic E-state index is -0.417. The van der Waals surface area contributed by atoms with Crippen LogP contribution in [0.5, 0.6) is 0 Å². The van der Waals surface area contributed by atoms with Crippen LogP contribution in [0, 0.1) is 18.3 Å². The lowest BCUT2D eigenvalue weighted by Gasteiger charge is -2.38. The number of hydrogen-bond donors (Lipinski definition) is 4. The van der Waals surface area contributed by atoms with Crippen LogP contribution in [0.1, 0.15) is 129 Å². The van der Waals surface area contributed by atoms with Gasteiger partial charge in [0.05, 0.1) is 6.61 Å². The van der Waals surface area contributed by atoms with Crippen molar-refractivity contribution in [2.24, 2.45) is 11.3 Å². The molecule has 1 fully saturated rings. The largest absolute Gasteiger partial charge is 0.449 e. The predicted molar refractivity (Wildman–Crippen MR) is 162 cm³/mol. The molecule has 228 valence electrons. The molecule has 1 aliphatic carbocycles. The van der Waals surface area contributed by atoms with E-state index < -0.39 is 6.03 Å². The summed E-state index contributed by atoms with van der Waals surface area (Å²) < 4.78 is 5.75. The number of urea groups is 1. The Morgan fingerprint density at radius 1 is 1.07 bits per heavy atom. The fourth-order valence-electron chi connectivity index (χ4n) is 5.73. The summed E-state index contributed by atoms with van der Waals surface area (Å²) >= 11 is 0. The molecule has 1 aromatic rings. The molecule has 4 N–H and O–H groups in total. The second kappa shape index (κ2) is 18.7. The van der Waals surface area contributed by atoms with Crippen LogP contribution in [-0.4, -0.2) is 41.3 Å². The van der Waals surface area contributed by atoms with E-state index in [2.05, 4.69) is 46.7 Å². The summed E-state index contributed by atoms with van der Waals surface area (Å²) in [6, 6.07) is 0.973. The molecule has 0 aromatic carbocycles. The van der Waals surface area contributed by atoms with Gasteiger partial charge < -0.3 is 15.4 Å². The number of nitrogens with one attached hydrogen (secondary N) is 4. The molecule has 0 spiro atoms. The normalized spacial score (nSPS) is 19.6. The highest BCUT2D eigenvalue weighted by Gasteiger charge is 2.33. The lowest BCUT2D eigenvalue weighted by molar-refractivity contribution is 0.106. The second-order valence-corrected chi connectivity index (χ2v) is 12.2. The number of aromatic amines is 1. The van der Waals surface area contributed by atoms with E-state index >= 15 is 0 Å². The number of ether oxygens (including phenoxy) is 1. The van der Waals surface area contributed by atoms with Crippen molar-refractivity contribution in [2.75, 3.05) is 18.5 Å². The summed E-state index contributed by atoms with van der Waals surface area (Å²) in [5.41, 5.74) is 0.0676. The first-order chi connectivity index (χ1) is 19.2. The highest BCUT2D eigenvalue weighted by atomic mass is 16.5. The van der Waals surface area contributed by atoms with Crippen LogP contribution in [0.4, 0.5) is 15.5 Å². The zero-order chi connectivity index (χ0) is 29.2. The number of alkyl carbamates (subject to hydrolysis) is 1. The summed E-state index contributed by atoms with van der Waals surface area (Å²) in [4.78, 5) is 43.4. The first-order valence-corrected chi connectivity index (χ1v) is 15.8. The van der Waals surface area contributed by atoms with Crippen LogP contribution in [0.15, 0.2) is 10.9 Å². The van der Waals surface area contributed by atoms with Gasteiger partial charge in [0, 0.05) is 24.3 Å². The summed E-state index contributed by atoms with van der Waals surface area (Å²) in [6.07, 6.45) is 18.2. The Morgan fingerprint density at radius 2 is 1.73 bits per heavy atom. The van der Waals surface area contributed by atoms with Gasteiger partial charge in [0.15, 0.2) is 0 Å². The summed E-state index contributed by atoms with van der Waals surface area (Å²) in [7, 11) is 0. The Labute approximate surface area is 241 Å². The molecule has 9 nitrogen and oxygen atoms in total. The van der Waals surface area contributed by atoms with E-state index in [-0.39, 0.29) is 29.1 Å². The summed E-state index contributed by atoms with van der Waals surface area (Å²) in [6.45, 7) is 9.26. The van der Waals surface area contributed by atoms with Crippen LogP contribution in [0.25, 0.3) is 0 Å². The van der Waals surface area contributed by atoms with Crippen LogP contribution in [0.3, 0.4) is 0 Å². The van der Waals surface area contributed by atoms with Gasteiger partial charge in [-0.05, 0) is 50.4 Å². The zero-order valence-electron chi connectivity index (χ0n) is 25.5. The smallest absolute Gasteiger partial charge is 0.407 e. The molecule has 1 aliphatic rings. The van der Waals surface area contributed by atoms with E-state index in [4.69, 9.17) is 4.74 Å². The van der Waals surface area contributed by atoms with Crippen LogP contribution < -0.4 is 21.5 Å². The van der Waals surface area contributed by atoms with Gasteiger partial charge in [-0.3, -0.25) is 15.1 Å². The third-order valence-electron chi connectivity index (χ3n) is 8.05. The van der Waals surface area contributed by atoms with Crippen LogP contribution in [-0.2, 0) is 4.74 Å². The number of aryl methyl sites for hydroxylation is 1. The molecule has 3 amide bonds. The number of anilines is 1. The minimum Gasteiger partial charge on any atom is -0.449 e. The number of hydrogen-bond acceptors (Lipinski definition) is 5. The summed E-state index contributed by atoms with van der Waals surface area (Å²) in [5, 5.41) is 8.59. The molecule has 2 rings (SSSR count). The number of unbranched alkanes of at least 4 members (excludes halogenated alkanes) is 8. The van der Waals surface area contributed by atoms with Gasteiger partial charge in [-0.25, -0.2) is 14.6 Å². The highest BCUT2D eigenvalue weighted by Crippen LogP contribution is 2.35. The molecular formula is C31H55N5O4. The predicted octanol–water partition coefficient (Wildman–Crippen LogP) is 7.21.